The molecule has 0 radical (unpaired) electrons. The third-order valence-electron chi connectivity index (χ3n) is 2.75. The van der Waals surface area contributed by atoms with E-state index in [4.69, 9.17) is 12.2 Å². The molecule has 98 valence electrons. The monoisotopic (exact) mass is 280 g/mol. The molecule has 1 unspecified atom stereocenters. The maximum absolute atomic E-state index is 12.3. The SMILES string of the molecule is N#CC(C(=O)c1ccccc1)C(=S)Nc1ccccc1. The van der Waals surface area contributed by atoms with Crippen molar-refractivity contribution < 1.29 is 4.79 Å². The third kappa shape index (κ3) is 3.28. The van der Waals surface area contributed by atoms with Crippen molar-refractivity contribution in [1.29, 1.82) is 5.26 Å². The van der Waals surface area contributed by atoms with Crippen LogP contribution in [0.4, 0.5) is 5.69 Å². The Hall–Kier alpha value is -2.51. The van der Waals surface area contributed by atoms with Crippen molar-refractivity contribution in [2.24, 2.45) is 5.92 Å². The zero-order chi connectivity index (χ0) is 14.4. The number of carbonyl (C=O) groups is 1. The lowest BCUT2D eigenvalue weighted by atomic mass is 9.98. The van der Waals surface area contributed by atoms with E-state index in [0.717, 1.165) is 5.69 Å². The molecule has 2 aromatic rings. The Kier molecular flexibility index (Phi) is 4.59. The van der Waals surface area contributed by atoms with Gasteiger partial charge in [-0.15, -0.1) is 0 Å². The highest BCUT2D eigenvalue weighted by molar-refractivity contribution is 7.80. The quantitative estimate of drug-likeness (QED) is 0.688. The first kappa shape index (κ1) is 13.9. The van der Waals surface area contributed by atoms with Crippen LogP contribution in [0.1, 0.15) is 10.4 Å². The van der Waals surface area contributed by atoms with Crippen molar-refractivity contribution in [1.82, 2.24) is 0 Å². The number of hydrogen-bond acceptors (Lipinski definition) is 3. The summed E-state index contributed by atoms with van der Waals surface area (Å²) < 4.78 is 0. The number of nitrogens with one attached hydrogen (secondary N) is 1. The molecular weight excluding hydrogens is 268 g/mol. The van der Waals surface area contributed by atoms with Crippen LogP contribution in [0.25, 0.3) is 0 Å². The Labute approximate surface area is 122 Å². The van der Waals surface area contributed by atoms with Gasteiger partial charge in [-0.1, -0.05) is 60.7 Å². The molecule has 0 fully saturated rings. The van der Waals surface area contributed by atoms with Gasteiger partial charge in [0.15, 0.2) is 11.7 Å². The lowest BCUT2D eigenvalue weighted by Crippen LogP contribution is -2.27. The molecule has 3 nitrogen and oxygen atoms in total. The maximum atomic E-state index is 12.3. The van der Waals surface area contributed by atoms with Gasteiger partial charge in [0.25, 0.3) is 0 Å². The lowest BCUT2D eigenvalue weighted by molar-refractivity contribution is 0.0976. The number of Topliss-reactive ketones (excluding diaryl/α,β-unsaturated/α-hetero) is 1. The lowest BCUT2D eigenvalue weighted by Gasteiger charge is -2.12. The molecule has 2 rings (SSSR count). The summed E-state index contributed by atoms with van der Waals surface area (Å²) in [6.07, 6.45) is 0. The molecule has 0 aromatic heterocycles. The minimum atomic E-state index is -0.979. The molecule has 1 atom stereocenters. The number of nitrogens with zero attached hydrogens (tertiary/aromatic N) is 1. The van der Waals surface area contributed by atoms with Gasteiger partial charge in [-0.25, -0.2) is 0 Å². The molecule has 0 bridgehead atoms. The van der Waals surface area contributed by atoms with Crippen molar-refractivity contribution in [2.75, 3.05) is 5.32 Å². The third-order valence-corrected chi connectivity index (χ3v) is 3.09. The van der Waals surface area contributed by atoms with E-state index in [1.165, 1.54) is 0 Å². The first-order chi connectivity index (χ1) is 9.72. The average molecular weight is 280 g/mol. The van der Waals surface area contributed by atoms with E-state index < -0.39 is 5.92 Å². The smallest absolute Gasteiger partial charge is 0.186 e. The van der Waals surface area contributed by atoms with Gasteiger partial charge in [0, 0.05) is 11.3 Å². The zero-order valence-electron chi connectivity index (χ0n) is 10.6. The molecular formula is C16H12N2OS. The highest BCUT2D eigenvalue weighted by Gasteiger charge is 2.24. The van der Waals surface area contributed by atoms with Gasteiger partial charge in [0.05, 0.1) is 6.07 Å². The molecule has 20 heavy (non-hydrogen) atoms. The second-order valence-electron chi connectivity index (χ2n) is 4.15. The van der Waals surface area contributed by atoms with Crippen LogP contribution in [0.3, 0.4) is 0 Å². The fourth-order valence-corrected chi connectivity index (χ4v) is 2.02. The highest BCUT2D eigenvalue weighted by Crippen LogP contribution is 2.13. The summed E-state index contributed by atoms with van der Waals surface area (Å²) in [6.45, 7) is 0. The van der Waals surface area contributed by atoms with Gasteiger partial charge in [-0.3, -0.25) is 4.79 Å². The van der Waals surface area contributed by atoms with Gasteiger partial charge < -0.3 is 5.32 Å². The number of hydrogen-bond donors (Lipinski definition) is 1. The number of benzene rings is 2. The fourth-order valence-electron chi connectivity index (χ4n) is 1.74. The average Bonchev–Trinajstić information content (AvgIpc) is 2.49. The number of para-hydroxylation sites is 1. The Morgan fingerprint density at radius 3 is 2.15 bits per heavy atom. The largest absolute Gasteiger partial charge is 0.349 e. The molecule has 0 amide bonds. The van der Waals surface area contributed by atoms with Crippen molar-refractivity contribution in [3.63, 3.8) is 0 Å². The summed E-state index contributed by atoms with van der Waals surface area (Å²) in [4.78, 5) is 12.5. The maximum Gasteiger partial charge on any atom is 0.186 e. The van der Waals surface area contributed by atoms with Crippen LogP contribution in [-0.4, -0.2) is 10.8 Å². The Morgan fingerprint density at radius 1 is 1.05 bits per heavy atom. The van der Waals surface area contributed by atoms with Crippen molar-refractivity contribution in [2.45, 2.75) is 0 Å². The van der Waals surface area contributed by atoms with E-state index in [-0.39, 0.29) is 10.8 Å². The van der Waals surface area contributed by atoms with Crippen LogP contribution in [0.5, 0.6) is 0 Å². The first-order valence-electron chi connectivity index (χ1n) is 6.07. The van der Waals surface area contributed by atoms with Gasteiger partial charge in [-0.05, 0) is 12.1 Å². The number of anilines is 1. The summed E-state index contributed by atoms with van der Waals surface area (Å²) in [7, 11) is 0. The normalized spacial score (nSPS) is 11.2. The van der Waals surface area contributed by atoms with Gasteiger partial charge in [0.1, 0.15) is 4.99 Å². The molecule has 0 spiro atoms. The molecule has 1 N–H and O–H groups in total. The van der Waals surface area contributed by atoms with E-state index >= 15 is 0 Å². The van der Waals surface area contributed by atoms with E-state index in [2.05, 4.69) is 5.32 Å². The number of nitriles is 1. The van der Waals surface area contributed by atoms with Gasteiger partial charge >= 0.3 is 0 Å². The molecule has 0 aliphatic carbocycles. The van der Waals surface area contributed by atoms with Crippen LogP contribution >= 0.6 is 12.2 Å². The number of carbonyl (C=O) groups excluding carboxylic acids is 1. The predicted molar refractivity (Wildman–Crippen MR) is 82.5 cm³/mol. The Balaban J connectivity index is 2.15. The predicted octanol–water partition coefficient (Wildman–Crippen LogP) is 3.45. The van der Waals surface area contributed by atoms with E-state index in [9.17, 15) is 10.1 Å². The van der Waals surface area contributed by atoms with Gasteiger partial charge in [0.2, 0.25) is 0 Å². The second kappa shape index (κ2) is 6.60. The molecule has 0 saturated heterocycles. The van der Waals surface area contributed by atoms with E-state index in [0.29, 0.717) is 5.56 Å². The highest BCUT2D eigenvalue weighted by atomic mass is 32.1. The van der Waals surface area contributed by atoms with Gasteiger partial charge in [-0.2, -0.15) is 5.26 Å². The summed E-state index contributed by atoms with van der Waals surface area (Å²) in [5, 5.41) is 12.1. The second-order valence-corrected chi connectivity index (χ2v) is 4.59. The Bertz CT molecular complexity index is 647. The van der Waals surface area contributed by atoms with E-state index in [1.807, 2.05) is 42.5 Å². The fraction of sp³-hybridized carbons (Fsp3) is 0.0625. The molecule has 0 saturated carbocycles. The zero-order valence-corrected chi connectivity index (χ0v) is 11.4. The summed E-state index contributed by atoms with van der Waals surface area (Å²) in [6, 6.07) is 19.9. The van der Waals surface area contributed by atoms with Crippen LogP contribution in [0, 0.1) is 17.2 Å². The molecule has 0 heterocycles. The molecule has 2 aromatic carbocycles. The molecule has 0 aliphatic heterocycles. The number of thiocarbonyl (C=S) groups is 1. The topological polar surface area (TPSA) is 52.9 Å². The van der Waals surface area contributed by atoms with Crippen LogP contribution in [-0.2, 0) is 0 Å². The van der Waals surface area contributed by atoms with Crippen LogP contribution in [0.2, 0.25) is 0 Å². The van der Waals surface area contributed by atoms with Crippen LogP contribution < -0.4 is 5.32 Å². The standard InChI is InChI=1S/C16H12N2OS/c17-11-14(15(19)12-7-3-1-4-8-12)16(20)18-13-9-5-2-6-10-13/h1-10,14H,(H,18,20). The molecule has 0 aliphatic rings. The van der Waals surface area contributed by atoms with Crippen LogP contribution in [0.15, 0.2) is 60.7 Å². The Morgan fingerprint density at radius 2 is 1.60 bits per heavy atom. The number of rotatable bonds is 4. The summed E-state index contributed by atoms with van der Waals surface area (Å²) in [5.74, 6) is -1.27. The summed E-state index contributed by atoms with van der Waals surface area (Å²) >= 11 is 5.18. The first-order valence-corrected chi connectivity index (χ1v) is 6.48. The minimum absolute atomic E-state index is 0.215. The van der Waals surface area contributed by atoms with E-state index in [1.54, 1.807) is 24.3 Å². The molecule has 4 heteroatoms. The minimum Gasteiger partial charge on any atom is -0.349 e. The number of ketones is 1. The summed E-state index contributed by atoms with van der Waals surface area (Å²) in [5.41, 5.74) is 1.25. The van der Waals surface area contributed by atoms with Crippen molar-refractivity contribution in [3.05, 3.63) is 66.2 Å². The van der Waals surface area contributed by atoms with Crippen molar-refractivity contribution >= 4 is 28.7 Å². The van der Waals surface area contributed by atoms with Crippen molar-refractivity contribution in [3.8, 4) is 6.07 Å².